The van der Waals surface area contributed by atoms with Crippen molar-refractivity contribution < 1.29 is 17.6 Å². The normalized spacial score (nSPS) is 15.5. The predicted octanol–water partition coefficient (Wildman–Crippen LogP) is 3.51. The Morgan fingerprint density at radius 2 is 1.95 bits per heavy atom. The van der Waals surface area contributed by atoms with Crippen LogP contribution in [0.5, 0.6) is 0 Å². The number of benzene rings is 1. The highest BCUT2D eigenvalue weighted by molar-refractivity contribution is 5.46. The Balaban J connectivity index is 2.25. The number of H-pyrrole nitrogens is 1. The van der Waals surface area contributed by atoms with Crippen LogP contribution in [0.4, 0.5) is 17.6 Å². The Morgan fingerprint density at radius 3 is 2.52 bits per heavy atom. The van der Waals surface area contributed by atoms with Gasteiger partial charge in [-0.1, -0.05) is 6.07 Å². The van der Waals surface area contributed by atoms with E-state index < -0.39 is 28.8 Å². The van der Waals surface area contributed by atoms with E-state index in [4.69, 9.17) is 0 Å². The molecule has 1 fully saturated rings. The van der Waals surface area contributed by atoms with E-state index in [-0.39, 0.29) is 11.5 Å². The molecule has 1 heterocycles. The van der Waals surface area contributed by atoms with Crippen LogP contribution in [-0.4, -0.2) is 9.78 Å². The molecule has 1 aliphatic rings. The molecule has 0 atom stereocenters. The van der Waals surface area contributed by atoms with E-state index in [2.05, 4.69) is 5.10 Å². The quantitative estimate of drug-likeness (QED) is 0.847. The minimum Gasteiger partial charge on any atom is -0.295 e. The smallest absolute Gasteiger partial charge is 0.295 e. The maximum absolute atomic E-state index is 14.2. The molecule has 0 unspecified atom stereocenters. The monoisotopic (exact) mass is 300 g/mol. The van der Waals surface area contributed by atoms with Crippen LogP contribution in [0.2, 0.25) is 0 Å². The zero-order chi connectivity index (χ0) is 15.4. The van der Waals surface area contributed by atoms with Crippen molar-refractivity contribution in [3.63, 3.8) is 0 Å². The molecule has 0 saturated heterocycles. The Bertz CT molecular complexity index is 753. The fraction of sp³-hybridized carbons (Fsp3) is 0.357. The number of hydrogen-bond acceptors (Lipinski definition) is 1. The third kappa shape index (κ3) is 2.36. The molecule has 1 aromatic carbocycles. The van der Waals surface area contributed by atoms with Crippen LogP contribution in [0.25, 0.3) is 5.69 Å². The van der Waals surface area contributed by atoms with Gasteiger partial charge < -0.3 is 0 Å². The highest BCUT2D eigenvalue weighted by atomic mass is 19.4. The number of aryl methyl sites for hydroxylation is 1. The van der Waals surface area contributed by atoms with E-state index in [1.807, 2.05) is 0 Å². The van der Waals surface area contributed by atoms with Crippen LogP contribution in [0.3, 0.4) is 0 Å². The SMILES string of the molecule is Cc1ccc(C(F)(F)F)c(-n2[nH]c(C3CC3)cc2=O)c1F. The number of rotatable bonds is 2. The Kier molecular flexibility index (Phi) is 2.96. The molecular weight excluding hydrogens is 288 g/mol. The van der Waals surface area contributed by atoms with Crippen LogP contribution >= 0.6 is 0 Å². The molecule has 0 spiro atoms. The maximum atomic E-state index is 14.2. The lowest BCUT2D eigenvalue weighted by atomic mass is 10.1. The van der Waals surface area contributed by atoms with Gasteiger partial charge in [0.2, 0.25) is 0 Å². The Morgan fingerprint density at radius 1 is 1.29 bits per heavy atom. The van der Waals surface area contributed by atoms with Crippen molar-refractivity contribution in [1.82, 2.24) is 9.78 Å². The molecule has 21 heavy (non-hydrogen) atoms. The zero-order valence-electron chi connectivity index (χ0n) is 11.1. The third-order valence-electron chi connectivity index (χ3n) is 3.60. The van der Waals surface area contributed by atoms with Gasteiger partial charge >= 0.3 is 6.18 Å². The number of aromatic amines is 1. The first kappa shape index (κ1) is 13.9. The van der Waals surface area contributed by atoms with Crippen LogP contribution in [0.15, 0.2) is 23.0 Å². The van der Waals surface area contributed by atoms with Gasteiger partial charge in [-0.25, -0.2) is 9.07 Å². The van der Waals surface area contributed by atoms with Crippen molar-refractivity contribution in [3.05, 3.63) is 51.2 Å². The van der Waals surface area contributed by atoms with Crippen molar-refractivity contribution in [2.24, 2.45) is 0 Å². The average molecular weight is 300 g/mol. The summed E-state index contributed by atoms with van der Waals surface area (Å²) < 4.78 is 54.0. The lowest BCUT2D eigenvalue weighted by Gasteiger charge is -2.15. The van der Waals surface area contributed by atoms with Gasteiger partial charge in [0.05, 0.1) is 5.56 Å². The largest absolute Gasteiger partial charge is 0.418 e. The first-order chi connectivity index (χ1) is 9.79. The van der Waals surface area contributed by atoms with Gasteiger partial charge in [-0.05, 0) is 31.4 Å². The maximum Gasteiger partial charge on any atom is 0.418 e. The highest BCUT2D eigenvalue weighted by Crippen LogP contribution is 2.39. The van der Waals surface area contributed by atoms with Gasteiger partial charge in [-0.2, -0.15) is 13.2 Å². The molecule has 7 heteroatoms. The number of nitrogens with one attached hydrogen (secondary N) is 1. The summed E-state index contributed by atoms with van der Waals surface area (Å²) in [5.41, 5.74) is -2.02. The summed E-state index contributed by atoms with van der Waals surface area (Å²) in [5.74, 6) is -0.891. The number of aromatic nitrogens is 2. The van der Waals surface area contributed by atoms with E-state index in [0.717, 1.165) is 25.0 Å². The molecule has 1 N–H and O–H groups in total. The van der Waals surface area contributed by atoms with Crippen molar-refractivity contribution in [1.29, 1.82) is 0 Å². The number of alkyl halides is 3. The van der Waals surface area contributed by atoms with Crippen molar-refractivity contribution >= 4 is 0 Å². The molecular formula is C14H12F4N2O. The van der Waals surface area contributed by atoms with Crippen LogP contribution in [0, 0.1) is 12.7 Å². The molecule has 0 bridgehead atoms. The van der Waals surface area contributed by atoms with E-state index in [1.165, 1.54) is 13.0 Å². The molecule has 0 amide bonds. The molecule has 1 aliphatic carbocycles. The predicted molar refractivity (Wildman–Crippen MR) is 68.1 cm³/mol. The molecule has 112 valence electrons. The number of halogens is 4. The van der Waals surface area contributed by atoms with Gasteiger partial charge in [0, 0.05) is 17.7 Å². The summed E-state index contributed by atoms with van der Waals surface area (Å²) in [4.78, 5) is 11.9. The van der Waals surface area contributed by atoms with Crippen LogP contribution in [-0.2, 0) is 6.18 Å². The van der Waals surface area contributed by atoms with Crippen molar-refractivity contribution in [3.8, 4) is 5.69 Å². The van der Waals surface area contributed by atoms with Crippen LogP contribution < -0.4 is 5.56 Å². The molecule has 3 nitrogen and oxygen atoms in total. The second kappa shape index (κ2) is 4.47. The molecule has 2 aromatic rings. The van der Waals surface area contributed by atoms with Gasteiger partial charge in [0.25, 0.3) is 5.56 Å². The van der Waals surface area contributed by atoms with Gasteiger partial charge in [0.1, 0.15) is 5.69 Å². The fourth-order valence-corrected chi connectivity index (χ4v) is 2.30. The molecule has 0 radical (unpaired) electrons. The summed E-state index contributed by atoms with van der Waals surface area (Å²) >= 11 is 0. The first-order valence-electron chi connectivity index (χ1n) is 6.47. The van der Waals surface area contributed by atoms with E-state index in [1.54, 1.807) is 0 Å². The summed E-state index contributed by atoms with van der Waals surface area (Å²) in [7, 11) is 0. The molecule has 1 aromatic heterocycles. The van der Waals surface area contributed by atoms with Crippen LogP contribution in [0.1, 0.15) is 35.6 Å². The van der Waals surface area contributed by atoms with E-state index in [9.17, 15) is 22.4 Å². The highest BCUT2D eigenvalue weighted by Gasteiger charge is 2.37. The van der Waals surface area contributed by atoms with Gasteiger partial charge in [0.15, 0.2) is 5.82 Å². The summed E-state index contributed by atoms with van der Waals surface area (Å²) in [6.07, 6.45) is -2.99. The number of nitrogens with zero attached hydrogens (tertiary/aromatic N) is 1. The van der Waals surface area contributed by atoms with Gasteiger partial charge in [-0.15, -0.1) is 0 Å². The number of hydrogen-bond donors (Lipinski definition) is 1. The zero-order valence-corrected chi connectivity index (χ0v) is 11.1. The minimum atomic E-state index is -4.74. The summed E-state index contributed by atoms with van der Waals surface area (Å²) in [6, 6.07) is 3.08. The van der Waals surface area contributed by atoms with E-state index >= 15 is 0 Å². The molecule has 1 saturated carbocycles. The van der Waals surface area contributed by atoms with E-state index in [0.29, 0.717) is 10.4 Å². The molecule has 0 aliphatic heterocycles. The Hall–Kier alpha value is -2.05. The fourth-order valence-electron chi connectivity index (χ4n) is 2.30. The topological polar surface area (TPSA) is 37.8 Å². The summed E-state index contributed by atoms with van der Waals surface area (Å²) in [5, 5.41) is 2.60. The van der Waals surface area contributed by atoms with Crippen molar-refractivity contribution in [2.75, 3.05) is 0 Å². The lowest BCUT2D eigenvalue weighted by molar-refractivity contribution is -0.137. The minimum absolute atomic E-state index is 0.0486. The van der Waals surface area contributed by atoms with Gasteiger partial charge in [-0.3, -0.25) is 9.89 Å². The average Bonchev–Trinajstić information content (AvgIpc) is 3.15. The lowest BCUT2D eigenvalue weighted by Crippen LogP contribution is -2.21. The summed E-state index contributed by atoms with van der Waals surface area (Å²) in [6.45, 7) is 1.36. The second-order valence-electron chi connectivity index (χ2n) is 5.25. The third-order valence-corrected chi connectivity index (χ3v) is 3.60. The first-order valence-corrected chi connectivity index (χ1v) is 6.47. The second-order valence-corrected chi connectivity index (χ2v) is 5.25. The van der Waals surface area contributed by atoms with Crippen molar-refractivity contribution in [2.45, 2.75) is 31.9 Å². The molecule has 3 rings (SSSR count). The Labute approximate surface area is 117 Å². The standard InChI is InChI=1S/C14H12F4N2O/c1-7-2-5-9(14(16,17)18)13(12(7)15)20-11(21)6-10(19-20)8-3-4-8/h2,5-6,8,19H,3-4H2,1H3.